The Kier molecular flexibility index (Phi) is 3.57. The van der Waals surface area contributed by atoms with Crippen molar-refractivity contribution in [2.45, 2.75) is 0 Å². The molecule has 1 aromatic rings. The molecule has 0 radical (unpaired) electrons. The third-order valence-electron chi connectivity index (χ3n) is 1.02. The zero-order valence-corrected chi connectivity index (χ0v) is 6.24. The summed E-state index contributed by atoms with van der Waals surface area (Å²) in [6.45, 7) is 0. The molecular weight excluding hydrogens is 148 g/mol. The standard InChI is InChI=1S/C7H6O2.H2S/c8-7(9)6-4-2-1-3-5-6;/h1-5H,(H,8,9);1H2. The van der Waals surface area contributed by atoms with Gasteiger partial charge in [0.05, 0.1) is 5.56 Å². The summed E-state index contributed by atoms with van der Waals surface area (Å²) in [7, 11) is 0. The highest BCUT2D eigenvalue weighted by molar-refractivity contribution is 7.59. The smallest absolute Gasteiger partial charge is 0.335 e. The molecule has 0 fully saturated rings. The normalized spacial score (nSPS) is 8.00. The Balaban J connectivity index is 0.000000810. The second-order valence-corrected chi connectivity index (χ2v) is 1.67. The molecular formula is C7H8O2S. The van der Waals surface area contributed by atoms with E-state index in [9.17, 15) is 4.79 Å². The van der Waals surface area contributed by atoms with Crippen LogP contribution in [0.4, 0.5) is 0 Å². The molecule has 1 rings (SSSR count). The van der Waals surface area contributed by atoms with Gasteiger partial charge >= 0.3 is 5.97 Å². The van der Waals surface area contributed by atoms with E-state index in [1.807, 2.05) is 0 Å². The molecule has 0 spiro atoms. The number of carboxylic acids is 1. The van der Waals surface area contributed by atoms with Crippen molar-refractivity contribution in [2.75, 3.05) is 0 Å². The lowest BCUT2D eigenvalue weighted by Gasteiger charge is -1.88. The van der Waals surface area contributed by atoms with E-state index in [0.717, 1.165) is 0 Å². The molecule has 1 N–H and O–H groups in total. The third-order valence-corrected chi connectivity index (χ3v) is 1.02. The topological polar surface area (TPSA) is 37.3 Å². The third kappa shape index (κ3) is 2.11. The Bertz CT molecular complexity index is 208. The minimum absolute atomic E-state index is 0. The first-order valence-corrected chi connectivity index (χ1v) is 2.59. The van der Waals surface area contributed by atoms with E-state index >= 15 is 0 Å². The summed E-state index contributed by atoms with van der Waals surface area (Å²) in [5, 5.41) is 8.38. The van der Waals surface area contributed by atoms with E-state index in [0.29, 0.717) is 5.56 Å². The molecule has 0 aliphatic carbocycles. The molecule has 0 bridgehead atoms. The fourth-order valence-corrected chi connectivity index (χ4v) is 0.581. The summed E-state index contributed by atoms with van der Waals surface area (Å²) in [6.07, 6.45) is 0. The number of aromatic carboxylic acids is 1. The van der Waals surface area contributed by atoms with Crippen LogP contribution in [0, 0.1) is 0 Å². The first-order chi connectivity index (χ1) is 4.30. The summed E-state index contributed by atoms with van der Waals surface area (Å²) in [5.41, 5.74) is 0.331. The lowest BCUT2D eigenvalue weighted by molar-refractivity contribution is 0.0697. The van der Waals surface area contributed by atoms with Crippen molar-refractivity contribution in [1.29, 1.82) is 0 Å². The van der Waals surface area contributed by atoms with Gasteiger partial charge in [-0.3, -0.25) is 0 Å². The van der Waals surface area contributed by atoms with Gasteiger partial charge in [-0.1, -0.05) is 18.2 Å². The minimum Gasteiger partial charge on any atom is -0.478 e. The van der Waals surface area contributed by atoms with Crippen LogP contribution in [-0.2, 0) is 0 Å². The SMILES string of the molecule is O=C(O)c1ccccc1.S. The number of carbonyl (C=O) groups is 1. The van der Waals surface area contributed by atoms with Crippen molar-refractivity contribution in [3.05, 3.63) is 35.9 Å². The maximum atomic E-state index is 10.2. The zero-order valence-electron chi connectivity index (χ0n) is 5.24. The van der Waals surface area contributed by atoms with Gasteiger partial charge in [0.25, 0.3) is 0 Å². The Morgan fingerprint density at radius 2 is 1.70 bits per heavy atom. The molecule has 0 aliphatic rings. The van der Waals surface area contributed by atoms with Crippen LogP contribution in [0.5, 0.6) is 0 Å². The molecule has 2 nitrogen and oxygen atoms in total. The fraction of sp³-hybridized carbons (Fsp3) is 0. The van der Waals surface area contributed by atoms with Gasteiger partial charge < -0.3 is 5.11 Å². The second kappa shape index (κ2) is 3.95. The maximum absolute atomic E-state index is 10.2. The van der Waals surface area contributed by atoms with Crippen LogP contribution in [0.2, 0.25) is 0 Å². The number of benzene rings is 1. The summed E-state index contributed by atoms with van der Waals surface area (Å²) in [6, 6.07) is 8.30. The van der Waals surface area contributed by atoms with Crippen molar-refractivity contribution < 1.29 is 9.90 Å². The highest BCUT2D eigenvalue weighted by Crippen LogP contribution is 1.96. The molecule has 0 aliphatic heterocycles. The average molecular weight is 156 g/mol. The van der Waals surface area contributed by atoms with Crippen LogP contribution in [0.15, 0.2) is 30.3 Å². The van der Waals surface area contributed by atoms with E-state index < -0.39 is 5.97 Å². The van der Waals surface area contributed by atoms with Gasteiger partial charge in [0.1, 0.15) is 0 Å². The predicted octanol–water partition coefficient (Wildman–Crippen LogP) is 1.50. The zero-order chi connectivity index (χ0) is 6.69. The highest BCUT2D eigenvalue weighted by atomic mass is 32.1. The van der Waals surface area contributed by atoms with E-state index in [-0.39, 0.29) is 13.5 Å². The van der Waals surface area contributed by atoms with Crippen molar-refractivity contribution in [3.63, 3.8) is 0 Å². The van der Waals surface area contributed by atoms with Crippen LogP contribution in [0.25, 0.3) is 0 Å². The van der Waals surface area contributed by atoms with Gasteiger partial charge in [0.2, 0.25) is 0 Å². The Morgan fingerprint density at radius 1 is 1.20 bits per heavy atom. The molecule has 0 atom stereocenters. The summed E-state index contributed by atoms with van der Waals surface area (Å²) < 4.78 is 0. The van der Waals surface area contributed by atoms with Crippen LogP contribution in [0.1, 0.15) is 10.4 Å². The number of carboxylic acid groups (broad SMARTS) is 1. The van der Waals surface area contributed by atoms with Gasteiger partial charge in [-0.15, -0.1) is 0 Å². The van der Waals surface area contributed by atoms with E-state index in [2.05, 4.69) is 0 Å². The van der Waals surface area contributed by atoms with Crippen molar-refractivity contribution in [1.82, 2.24) is 0 Å². The molecule has 54 valence electrons. The molecule has 0 aromatic heterocycles. The van der Waals surface area contributed by atoms with Gasteiger partial charge in [0.15, 0.2) is 0 Å². The first kappa shape index (κ1) is 9.04. The number of hydrogen-bond donors (Lipinski definition) is 1. The van der Waals surface area contributed by atoms with Gasteiger partial charge in [-0.2, -0.15) is 13.5 Å². The summed E-state index contributed by atoms with van der Waals surface area (Å²) in [4.78, 5) is 10.2. The van der Waals surface area contributed by atoms with Crippen LogP contribution < -0.4 is 0 Å². The molecule has 0 heterocycles. The number of rotatable bonds is 1. The quantitative estimate of drug-likeness (QED) is 0.669. The lowest BCUT2D eigenvalue weighted by atomic mass is 10.2. The largest absolute Gasteiger partial charge is 0.478 e. The van der Waals surface area contributed by atoms with Crippen LogP contribution in [0.3, 0.4) is 0 Å². The molecule has 0 unspecified atom stereocenters. The Hall–Kier alpha value is -0.960. The molecule has 0 amide bonds. The van der Waals surface area contributed by atoms with Crippen molar-refractivity contribution in [2.24, 2.45) is 0 Å². The second-order valence-electron chi connectivity index (χ2n) is 1.67. The van der Waals surface area contributed by atoms with Gasteiger partial charge in [0, 0.05) is 0 Å². The monoisotopic (exact) mass is 156 g/mol. The molecule has 1 aromatic carbocycles. The van der Waals surface area contributed by atoms with Crippen molar-refractivity contribution >= 4 is 19.5 Å². The van der Waals surface area contributed by atoms with E-state index in [1.54, 1.807) is 30.3 Å². The van der Waals surface area contributed by atoms with E-state index in [4.69, 9.17) is 5.11 Å². The molecule has 3 heteroatoms. The maximum Gasteiger partial charge on any atom is 0.335 e. The van der Waals surface area contributed by atoms with Crippen LogP contribution in [-0.4, -0.2) is 11.1 Å². The Morgan fingerprint density at radius 3 is 2.00 bits per heavy atom. The van der Waals surface area contributed by atoms with Crippen molar-refractivity contribution in [3.8, 4) is 0 Å². The molecule has 0 saturated carbocycles. The highest BCUT2D eigenvalue weighted by Gasteiger charge is 1.96. The summed E-state index contributed by atoms with van der Waals surface area (Å²) in [5.74, 6) is -0.879. The van der Waals surface area contributed by atoms with E-state index in [1.165, 1.54) is 0 Å². The molecule has 10 heavy (non-hydrogen) atoms. The average Bonchev–Trinajstić information content (AvgIpc) is 1.90. The Labute approximate surface area is 65.9 Å². The van der Waals surface area contributed by atoms with Gasteiger partial charge in [-0.05, 0) is 12.1 Å². The molecule has 0 saturated heterocycles. The minimum atomic E-state index is -0.879. The van der Waals surface area contributed by atoms with Gasteiger partial charge in [-0.25, -0.2) is 4.79 Å². The summed E-state index contributed by atoms with van der Waals surface area (Å²) >= 11 is 0. The van der Waals surface area contributed by atoms with Crippen LogP contribution >= 0.6 is 13.5 Å². The fourth-order valence-electron chi connectivity index (χ4n) is 0.581. The lowest BCUT2D eigenvalue weighted by Crippen LogP contribution is -1.93. The first-order valence-electron chi connectivity index (χ1n) is 2.59. The number of hydrogen-bond acceptors (Lipinski definition) is 1. The predicted molar refractivity (Wildman–Crippen MR) is 43.8 cm³/mol.